The number of amides is 1. The largest absolute Gasteiger partial charge is 0.481 e. The van der Waals surface area contributed by atoms with Crippen molar-refractivity contribution in [3.05, 3.63) is 34.9 Å². The summed E-state index contributed by atoms with van der Waals surface area (Å²) in [6.07, 6.45) is 0. The van der Waals surface area contributed by atoms with E-state index in [0.717, 1.165) is 5.56 Å². The first-order chi connectivity index (χ1) is 8.71. The van der Waals surface area contributed by atoms with E-state index in [0.29, 0.717) is 5.02 Å². The van der Waals surface area contributed by atoms with E-state index in [9.17, 15) is 9.59 Å². The molecule has 4 nitrogen and oxygen atoms in total. The predicted molar refractivity (Wildman–Crippen MR) is 73.9 cm³/mol. The Hall–Kier alpha value is -1.55. The van der Waals surface area contributed by atoms with Crippen LogP contribution in [0, 0.1) is 11.3 Å². The number of carboxylic acids is 1. The summed E-state index contributed by atoms with van der Waals surface area (Å²) in [4.78, 5) is 23.1. The first-order valence-corrected chi connectivity index (χ1v) is 6.34. The molecule has 1 rings (SSSR count). The van der Waals surface area contributed by atoms with E-state index >= 15 is 0 Å². The van der Waals surface area contributed by atoms with E-state index in [1.165, 1.54) is 0 Å². The minimum atomic E-state index is -1.11. The molecule has 1 aromatic carbocycles. The van der Waals surface area contributed by atoms with E-state index < -0.39 is 23.2 Å². The fraction of sp³-hybridized carbons (Fsp3) is 0.429. The molecule has 0 saturated heterocycles. The Morgan fingerprint density at radius 2 is 2.00 bits per heavy atom. The van der Waals surface area contributed by atoms with Crippen LogP contribution in [0.3, 0.4) is 0 Å². The SMILES string of the molecule is CC(C)(C)C(C(=O)O)C(=O)NCc1cccc(Cl)c1. The quantitative estimate of drug-likeness (QED) is 0.835. The summed E-state index contributed by atoms with van der Waals surface area (Å²) in [6.45, 7) is 5.44. The minimum absolute atomic E-state index is 0.263. The lowest BCUT2D eigenvalue weighted by Crippen LogP contribution is -2.42. The van der Waals surface area contributed by atoms with Crippen molar-refractivity contribution in [2.24, 2.45) is 11.3 Å². The zero-order chi connectivity index (χ0) is 14.6. The second kappa shape index (κ2) is 6.06. The molecule has 0 radical (unpaired) electrons. The maximum absolute atomic E-state index is 12.0. The standard InChI is InChI=1S/C14H18ClNO3/c1-14(2,3)11(13(18)19)12(17)16-8-9-5-4-6-10(15)7-9/h4-7,11H,8H2,1-3H3,(H,16,17)(H,18,19). The molecule has 0 spiro atoms. The summed E-state index contributed by atoms with van der Waals surface area (Å²) in [7, 11) is 0. The van der Waals surface area contributed by atoms with Crippen molar-refractivity contribution in [3.8, 4) is 0 Å². The van der Waals surface area contributed by atoms with Crippen molar-refractivity contribution in [1.82, 2.24) is 5.32 Å². The Morgan fingerprint density at radius 3 is 2.47 bits per heavy atom. The Morgan fingerprint density at radius 1 is 1.37 bits per heavy atom. The topological polar surface area (TPSA) is 66.4 Å². The molecule has 2 N–H and O–H groups in total. The number of aliphatic carboxylic acids is 1. The van der Waals surface area contributed by atoms with Crippen molar-refractivity contribution >= 4 is 23.5 Å². The van der Waals surface area contributed by atoms with Crippen LogP contribution in [0.5, 0.6) is 0 Å². The van der Waals surface area contributed by atoms with E-state index in [-0.39, 0.29) is 6.54 Å². The number of carbonyl (C=O) groups excluding carboxylic acids is 1. The number of nitrogens with one attached hydrogen (secondary N) is 1. The average molecular weight is 284 g/mol. The summed E-state index contributed by atoms with van der Waals surface area (Å²) in [5.74, 6) is -2.68. The van der Waals surface area contributed by atoms with Crippen LogP contribution in [0.15, 0.2) is 24.3 Å². The first-order valence-electron chi connectivity index (χ1n) is 5.97. The van der Waals surface area contributed by atoms with Gasteiger partial charge in [-0.15, -0.1) is 0 Å². The van der Waals surface area contributed by atoms with Crippen LogP contribution < -0.4 is 5.32 Å². The molecule has 0 heterocycles. The zero-order valence-electron chi connectivity index (χ0n) is 11.2. The normalized spacial score (nSPS) is 12.8. The molecular formula is C14H18ClNO3. The summed E-state index contributed by atoms with van der Waals surface area (Å²) >= 11 is 5.84. The van der Waals surface area contributed by atoms with Gasteiger partial charge in [0, 0.05) is 11.6 Å². The number of carboxylic acid groups (broad SMARTS) is 1. The van der Waals surface area contributed by atoms with Crippen LogP contribution in [-0.4, -0.2) is 17.0 Å². The highest BCUT2D eigenvalue weighted by molar-refractivity contribution is 6.30. The lowest BCUT2D eigenvalue weighted by Gasteiger charge is -2.25. The molecule has 0 bridgehead atoms. The smallest absolute Gasteiger partial charge is 0.316 e. The van der Waals surface area contributed by atoms with Crippen molar-refractivity contribution in [1.29, 1.82) is 0 Å². The van der Waals surface area contributed by atoms with Gasteiger partial charge in [-0.1, -0.05) is 44.5 Å². The fourth-order valence-electron chi connectivity index (χ4n) is 1.81. The van der Waals surface area contributed by atoms with Crippen LogP contribution in [-0.2, 0) is 16.1 Å². The molecule has 1 atom stereocenters. The second-order valence-corrected chi connectivity index (χ2v) is 5.92. The van der Waals surface area contributed by atoms with Gasteiger partial charge >= 0.3 is 5.97 Å². The highest BCUT2D eigenvalue weighted by Gasteiger charge is 2.37. The van der Waals surface area contributed by atoms with Gasteiger partial charge < -0.3 is 10.4 Å². The van der Waals surface area contributed by atoms with E-state index in [1.54, 1.807) is 39.0 Å². The maximum atomic E-state index is 12.0. The first kappa shape index (κ1) is 15.5. The van der Waals surface area contributed by atoms with Gasteiger partial charge in [-0.2, -0.15) is 0 Å². The van der Waals surface area contributed by atoms with Crippen molar-refractivity contribution in [3.63, 3.8) is 0 Å². The molecule has 0 aliphatic carbocycles. The van der Waals surface area contributed by atoms with Gasteiger partial charge in [0.2, 0.25) is 5.91 Å². The second-order valence-electron chi connectivity index (χ2n) is 5.49. The third kappa shape index (κ3) is 4.56. The van der Waals surface area contributed by atoms with E-state index in [1.807, 2.05) is 6.07 Å². The zero-order valence-corrected chi connectivity index (χ0v) is 12.0. The number of carbonyl (C=O) groups is 2. The number of hydrogen-bond acceptors (Lipinski definition) is 2. The third-order valence-electron chi connectivity index (χ3n) is 2.73. The molecule has 104 valence electrons. The number of benzene rings is 1. The molecule has 0 fully saturated rings. The van der Waals surface area contributed by atoms with Crippen molar-refractivity contribution in [2.45, 2.75) is 27.3 Å². The highest BCUT2D eigenvalue weighted by Crippen LogP contribution is 2.26. The molecule has 5 heteroatoms. The molecule has 0 aliphatic heterocycles. The van der Waals surface area contributed by atoms with E-state index in [4.69, 9.17) is 16.7 Å². The fourth-order valence-corrected chi connectivity index (χ4v) is 2.03. The molecule has 19 heavy (non-hydrogen) atoms. The Bertz CT molecular complexity index is 480. The molecule has 1 aromatic rings. The molecule has 0 saturated carbocycles. The van der Waals surface area contributed by atoms with Crippen LogP contribution in [0.2, 0.25) is 5.02 Å². The minimum Gasteiger partial charge on any atom is -0.481 e. The van der Waals surface area contributed by atoms with Crippen LogP contribution in [0.4, 0.5) is 0 Å². The number of halogens is 1. The summed E-state index contributed by atoms with van der Waals surface area (Å²) in [5.41, 5.74) is 0.198. The molecule has 1 amide bonds. The van der Waals surface area contributed by atoms with Crippen molar-refractivity contribution in [2.75, 3.05) is 0 Å². The van der Waals surface area contributed by atoms with Gasteiger partial charge in [0.25, 0.3) is 0 Å². The van der Waals surface area contributed by atoms with Gasteiger partial charge in [-0.25, -0.2) is 0 Å². The number of rotatable bonds is 4. The molecule has 0 aromatic heterocycles. The van der Waals surface area contributed by atoms with Gasteiger partial charge in [0.15, 0.2) is 0 Å². The lowest BCUT2D eigenvalue weighted by molar-refractivity contribution is -0.151. The van der Waals surface area contributed by atoms with Crippen LogP contribution in [0.1, 0.15) is 26.3 Å². The molecule has 1 unspecified atom stereocenters. The number of hydrogen-bond donors (Lipinski definition) is 2. The van der Waals surface area contributed by atoms with Crippen LogP contribution >= 0.6 is 11.6 Å². The van der Waals surface area contributed by atoms with Gasteiger partial charge in [-0.3, -0.25) is 9.59 Å². The third-order valence-corrected chi connectivity index (χ3v) is 2.97. The highest BCUT2D eigenvalue weighted by atomic mass is 35.5. The molecular weight excluding hydrogens is 266 g/mol. The Labute approximate surface area is 117 Å². The average Bonchev–Trinajstić information content (AvgIpc) is 2.24. The monoisotopic (exact) mass is 283 g/mol. The maximum Gasteiger partial charge on any atom is 0.316 e. The molecule has 0 aliphatic rings. The predicted octanol–water partition coefficient (Wildman–Crippen LogP) is 2.70. The van der Waals surface area contributed by atoms with E-state index in [2.05, 4.69) is 5.32 Å². The van der Waals surface area contributed by atoms with Crippen LogP contribution in [0.25, 0.3) is 0 Å². The van der Waals surface area contributed by atoms with Gasteiger partial charge in [0.05, 0.1) is 0 Å². The summed E-state index contributed by atoms with van der Waals surface area (Å²) < 4.78 is 0. The summed E-state index contributed by atoms with van der Waals surface area (Å²) in [5, 5.41) is 12.4. The van der Waals surface area contributed by atoms with Crippen molar-refractivity contribution < 1.29 is 14.7 Å². The summed E-state index contributed by atoms with van der Waals surface area (Å²) in [6, 6.07) is 7.07. The Balaban J connectivity index is 2.71. The lowest BCUT2D eigenvalue weighted by atomic mass is 9.80. The van der Waals surface area contributed by atoms with Gasteiger partial charge in [0.1, 0.15) is 5.92 Å². The Kier molecular flexibility index (Phi) is 4.95. The van der Waals surface area contributed by atoms with Gasteiger partial charge in [-0.05, 0) is 23.1 Å².